The number of hydrogen-bond donors (Lipinski definition) is 3. The van der Waals surface area contributed by atoms with Gasteiger partial charge in [-0.1, -0.05) is 61.4 Å². The molecule has 0 bridgehead atoms. The van der Waals surface area contributed by atoms with E-state index in [1.54, 1.807) is 0 Å². The van der Waals surface area contributed by atoms with Crippen LogP contribution in [0.3, 0.4) is 0 Å². The van der Waals surface area contributed by atoms with Gasteiger partial charge in [0.25, 0.3) is 0 Å². The van der Waals surface area contributed by atoms with Gasteiger partial charge in [-0.15, -0.1) is 0 Å². The quantitative estimate of drug-likeness (QED) is 0.542. The number of alkyl carbamates (subject to hydrolysis) is 1. The summed E-state index contributed by atoms with van der Waals surface area (Å²) in [5.74, 6) is -1.34. The Kier molecular flexibility index (Phi) is 6.50. The van der Waals surface area contributed by atoms with E-state index in [4.69, 9.17) is 4.74 Å². The molecule has 2 atom stereocenters. The zero-order chi connectivity index (χ0) is 24.4. The van der Waals surface area contributed by atoms with Gasteiger partial charge < -0.3 is 20.5 Å². The third-order valence-electron chi connectivity index (χ3n) is 7.92. The van der Waals surface area contributed by atoms with Crippen LogP contribution in [0, 0.1) is 5.92 Å². The van der Waals surface area contributed by atoms with Crippen LogP contribution in [0.1, 0.15) is 68.4 Å². The molecule has 0 heterocycles. The van der Waals surface area contributed by atoms with Crippen molar-refractivity contribution in [1.82, 2.24) is 10.6 Å². The smallest absolute Gasteiger partial charge is 0.407 e. The summed E-state index contributed by atoms with van der Waals surface area (Å²) in [4.78, 5) is 36.9. The molecule has 2 amide bonds. The van der Waals surface area contributed by atoms with Gasteiger partial charge in [-0.2, -0.15) is 0 Å². The fraction of sp³-hybridized carbons (Fsp3) is 0.464. The number of hydrogen-bond acceptors (Lipinski definition) is 4. The average molecular weight is 477 g/mol. The monoisotopic (exact) mass is 476 g/mol. The molecule has 2 saturated carbocycles. The van der Waals surface area contributed by atoms with E-state index in [2.05, 4.69) is 34.9 Å². The van der Waals surface area contributed by atoms with Gasteiger partial charge in [-0.25, -0.2) is 4.79 Å². The fourth-order valence-corrected chi connectivity index (χ4v) is 6.17. The molecule has 0 saturated heterocycles. The van der Waals surface area contributed by atoms with E-state index in [-0.39, 0.29) is 36.8 Å². The van der Waals surface area contributed by atoms with Crippen LogP contribution in [0.5, 0.6) is 0 Å². The Hall–Kier alpha value is -3.35. The minimum Gasteiger partial charge on any atom is -0.481 e. The van der Waals surface area contributed by atoms with Crippen molar-refractivity contribution in [3.63, 3.8) is 0 Å². The highest BCUT2D eigenvalue weighted by Gasteiger charge is 2.39. The molecule has 35 heavy (non-hydrogen) atoms. The van der Waals surface area contributed by atoms with Crippen LogP contribution < -0.4 is 10.6 Å². The second kappa shape index (κ2) is 9.72. The minimum absolute atomic E-state index is 0.0134. The van der Waals surface area contributed by atoms with Gasteiger partial charge in [-0.05, 0) is 54.4 Å². The highest BCUT2D eigenvalue weighted by Crippen LogP contribution is 2.44. The summed E-state index contributed by atoms with van der Waals surface area (Å²) < 4.78 is 5.74. The molecule has 7 heteroatoms. The van der Waals surface area contributed by atoms with E-state index in [1.165, 1.54) is 11.1 Å². The number of carboxylic acid groups (broad SMARTS) is 1. The maximum atomic E-state index is 12.9. The average Bonchev–Trinajstić information content (AvgIpc) is 3.56. The number of amides is 2. The van der Waals surface area contributed by atoms with Gasteiger partial charge in [0.1, 0.15) is 6.61 Å². The second-order valence-electron chi connectivity index (χ2n) is 10.2. The molecule has 7 nitrogen and oxygen atoms in total. The van der Waals surface area contributed by atoms with Gasteiger partial charge in [0, 0.05) is 18.4 Å². The first kappa shape index (κ1) is 23.4. The van der Waals surface area contributed by atoms with Crippen LogP contribution >= 0.6 is 0 Å². The second-order valence-corrected chi connectivity index (χ2v) is 10.2. The molecule has 2 aromatic rings. The first-order chi connectivity index (χ1) is 16.9. The normalized spacial score (nSPS) is 22.3. The Morgan fingerprint density at radius 3 is 2.17 bits per heavy atom. The number of aliphatic carboxylic acids is 1. The van der Waals surface area contributed by atoms with Crippen molar-refractivity contribution >= 4 is 18.0 Å². The van der Waals surface area contributed by atoms with Crippen molar-refractivity contribution in [2.24, 2.45) is 5.92 Å². The number of benzene rings is 2. The highest BCUT2D eigenvalue weighted by atomic mass is 16.5. The molecule has 3 aliphatic carbocycles. The highest BCUT2D eigenvalue weighted by molar-refractivity contribution is 5.80. The molecule has 0 aromatic heterocycles. The maximum absolute atomic E-state index is 12.9. The van der Waals surface area contributed by atoms with Crippen LogP contribution in [-0.2, 0) is 14.3 Å². The lowest BCUT2D eigenvalue weighted by Crippen LogP contribution is -2.50. The Balaban J connectivity index is 1.19. The topological polar surface area (TPSA) is 105 Å². The summed E-state index contributed by atoms with van der Waals surface area (Å²) in [6.07, 6.45) is 4.77. The Labute approximate surface area is 205 Å². The van der Waals surface area contributed by atoms with Crippen LogP contribution in [-0.4, -0.2) is 41.3 Å². The third kappa shape index (κ3) is 4.90. The Bertz CT molecular complexity index is 1080. The van der Waals surface area contributed by atoms with Gasteiger partial charge >= 0.3 is 12.1 Å². The third-order valence-corrected chi connectivity index (χ3v) is 7.92. The largest absolute Gasteiger partial charge is 0.481 e. The molecular weight excluding hydrogens is 444 g/mol. The van der Waals surface area contributed by atoms with Crippen molar-refractivity contribution in [1.29, 1.82) is 0 Å². The minimum atomic E-state index is -0.800. The predicted molar refractivity (Wildman–Crippen MR) is 131 cm³/mol. The zero-order valence-electron chi connectivity index (χ0n) is 19.8. The molecule has 3 N–H and O–H groups in total. The van der Waals surface area contributed by atoms with Crippen molar-refractivity contribution in [3.05, 3.63) is 59.7 Å². The maximum Gasteiger partial charge on any atom is 0.407 e. The molecular formula is C28H32N2O5. The molecule has 5 rings (SSSR count). The summed E-state index contributed by atoms with van der Waals surface area (Å²) in [6, 6.07) is 16.3. The number of nitrogens with one attached hydrogen (secondary N) is 2. The molecule has 0 radical (unpaired) electrons. The number of carbonyl (C=O) groups is 3. The van der Waals surface area contributed by atoms with Gasteiger partial charge in [0.2, 0.25) is 5.91 Å². The number of fused-ring (bicyclic) bond motifs is 3. The van der Waals surface area contributed by atoms with E-state index >= 15 is 0 Å². The molecule has 2 fully saturated rings. The first-order valence-electron chi connectivity index (χ1n) is 12.6. The molecule has 0 unspecified atom stereocenters. The van der Waals surface area contributed by atoms with Crippen LogP contribution in [0.25, 0.3) is 11.1 Å². The Morgan fingerprint density at radius 2 is 1.57 bits per heavy atom. The summed E-state index contributed by atoms with van der Waals surface area (Å²) in [5.41, 5.74) is 4.06. The van der Waals surface area contributed by atoms with Gasteiger partial charge in [0.05, 0.1) is 11.5 Å². The van der Waals surface area contributed by atoms with Crippen LogP contribution in [0.4, 0.5) is 4.79 Å². The van der Waals surface area contributed by atoms with E-state index in [1.807, 2.05) is 24.3 Å². The number of carbonyl (C=O) groups excluding carboxylic acids is 2. The summed E-state index contributed by atoms with van der Waals surface area (Å²) >= 11 is 0. The van der Waals surface area contributed by atoms with Gasteiger partial charge in [-0.3, -0.25) is 9.59 Å². The van der Waals surface area contributed by atoms with Crippen molar-refractivity contribution in [2.75, 3.05) is 6.61 Å². The summed E-state index contributed by atoms with van der Waals surface area (Å²) in [5, 5.41) is 15.2. The summed E-state index contributed by atoms with van der Waals surface area (Å²) in [6.45, 7) is 0.237. The van der Waals surface area contributed by atoms with E-state index in [0.717, 1.165) is 36.8 Å². The van der Waals surface area contributed by atoms with Crippen molar-refractivity contribution < 1.29 is 24.2 Å². The van der Waals surface area contributed by atoms with Crippen molar-refractivity contribution in [2.45, 2.75) is 68.9 Å². The van der Waals surface area contributed by atoms with Crippen LogP contribution in [0.15, 0.2) is 48.5 Å². The van der Waals surface area contributed by atoms with E-state index in [0.29, 0.717) is 19.3 Å². The standard InChI is InChI=1S/C28H32N2O5/c31-25(29-19-12-11-18(15-19)26(32)33)16-28(13-5-6-14-28)30-27(34)35-17-24-22-9-3-1-7-20(22)21-8-2-4-10-23(21)24/h1-4,7-10,18-19,24H,5-6,11-17H2,(H,29,31)(H,30,34)(H,32,33)/t18-,19+/m0/s1. The van der Waals surface area contributed by atoms with Crippen molar-refractivity contribution in [3.8, 4) is 11.1 Å². The van der Waals surface area contributed by atoms with E-state index < -0.39 is 17.6 Å². The number of ether oxygens (including phenoxy) is 1. The Morgan fingerprint density at radius 1 is 0.943 bits per heavy atom. The SMILES string of the molecule is O=C(CC1(NC(=O)OCC2c3ccccc3-c3ccccc32)CCCC1)N[C@@H]1CC[C@H](C(=O)O)C1. The molecule has 3 aliphatic rings. The molecule has 0 aliphatic heterocycles. The summed E-state index contributed by atoms with van der Waals surface area (Å²) in [7, 11) is 0. The predicted octanol–water partition coefficient (Wildman–Crippen LogP) is 4.60. The number of rotatable bonds is 7. The molecule has 2 aromatic carbocycles. The zero-order valence-corrected chi connectivity index (χ0v) is 19.8. The van der Waals surface area contributed by atoms with Gasteiger partial charge in [0.15, 0.2) is 0 Å². The lowest BCUT2D eigenvalue weighted by atomic mass is 9.92. The lowest BCUT2D eigenvalue weighted by molar-refractivity contribution is -0.141. The number of carboxylic acids is 1. The van der Waals surface area contributed by atoms with Crippen LogP contribution in [0.2, 0.25) is 0 Å². The molecule has 0 spiro atoms. The first-order valence-corrected chi connectivity index (χ1v) is 12.6. The fourth-order valence-electron chi connectivity index (χ4n) is 6.17. The molecule has 184 valence electrons. The van der Waals surface area contributed by atoms with E-state index in [9.17, 15) is 19.5 Å². The lowest BCUT2D eigenvalue weighted by Gasteiger charge is -2.30.